The van der Waals surface area contributed by atoms with Gasteiger partial charge in [0.15, 0.2) is 5.82 Å². The van der Waals surface area contributed by atoms with Gasteiger partial charge in [0.05, 0.1) is 17.6 Å². The number of halogens is 2. The van der Waals surface area contributed by atoms with E-state index in [0.717, 1.165) is 5.69 Å². The quantitative estimate of drug-likeness (QED) is 0.488. The molecule has 0 aliphatic carbocycles. The van der Waals surface area contributed by atoms with Crippen LogP contribution in [0.1, 0.15) is 0 Å². The van der Waals surface area contributed by atoms with Gasteiger partial charge in [-0.1, -0.05) is 5.21 Å². The number of aromatic amines is 1. The summed E-state index contributed by atoms with van der Waals surface area (Å²) in [6.45, 7) is 0. The zero-order valence-corrected chi connectivity index (χ0v) is 14.2. The van der Waals surface area contributed by atoms with E-state index in [1.54, 1.807) is 53.6 Å². The molecule has 0 unspecified atom stereocenters. The van der Waals surface area contributed by atoms with Crippen LogP contribution in [0.3, 0.4) is 0 Å². The fourth-order valence-electron chi connectivity index (χ4n) is 3.03. The molecule has 0 saturated carbocycles. The van der Waals surface area contributed by atoms with Crippen LogP contribution < -0.4 is 0 Å². The number of hydrogen-bond donors (Lipinski definition) is 1. The molecule has 0 saturated heterocycles. The van der Waals surface area contributed by atoms with Crippen LogP contribution in [0.25, 0.3) is 39.1 Å². The normalized spacial score (nSPS) is 11.2. The Morgan fingerprint density at radius 3 is 2.68 bits per heavy atom. The van der Waals surface area contributed by atoms with Gasteiger partial charge in [0.25, 0.3) is 0 Å². The second-order valence-corrected chi connectivity index (χ2v) is 6.05. The molecule has 1 N–H and O–H groups in total. The third kappa shape index (κ3) is 2.60. The zero-order valence-electron chi connectivity index (χ0n) is 14.2. The van der Waals surface area contributed by atoms with Gasteiger partial charge in [-0.15, -0.1) is 5.10 Å². The number of rotatable bonds is 3. The highest BCUT2D eigenvalue weighted by molar-refractivity contribution is 5.95. The monoisotopic (exact) mass is 375 g/mol. The molecule has 0 bridgehead atoms. The van der Waals surface area contributed by atoms with Crippen LogP contribution in [0.2, 0.25) is 0 Å². The van der Waals surface area contributed by atoms with Crippen molar-refractivity contribution in [2.75, 3.05) is 0 Å². The lowest BCUT2D eigenvalue weighted by Gasteiger charge is -2.04. The molecule has 4 heterocycles. The van der Waals surface area contributed by atoms with E-state index in [1.165, 1.54) is 12.3 Å². The topological polar surface area (TPSA) is 85.2 Å². The number of nitrogens with zero attached hydrogens (tertiary/aromatic N) is 6. The van der Waals surface area contributed by atoms with Crippen LogP contribution in [0.15, 0.2) is 61.2 Å². The number of hydrogen-bond acceptors (Lipinski definition) is 5. The lowest BCUT2D eigenvalue weighted by Crippen LogP contribution is -1.94. The molecule has 28 heavy (non-hydrogen) atoms. The number of pyridine rings is 2. The lowest BCUT2D eigenvalue weighted by molar-refractivity contribution is 0.587. The van der Waals surface area contributed by atoms with Crippen LogP contribution in [0, 0.1) is 11.8 Å². The molecule has 1 aromatic carbocycles. The fraction of sp³-hybridized carbons (Fsp3) is 0. The average Bonchev–Trinajstić information content (AvgIpc) is 3.36. The summed E-state index contributed by atoms with van der Waals surface area (Å²) in [5.41, 5.74) is 2.45. The summed E-state index contributed by atoms with van der Waals surface area (Å²) in [5, 5.41) is 15.6. The number of H-pyrrole nitrogens is 1. The summed E-state index contributed by atoms with van der Waals surface area (Å²) >= 11 is 0. The van der Waals surface area contributed by atoms with E-state index in [0.29, 0.717) is 22.3 Å². The fourth-order valence-corrected chi connectivity index (χ4v) is 3.03. The van der Waals surface area contributed by atoms with E-state index < -0.39 is 11.8 Å². The minimum Gasteiger partial charge on any atom is -0.275 e. The van der Waals surface area contributed by atoms with Crippen molar-refractivity contribution in [2.24, 2.45) is 0 Å². The molecule has 5 aromatic rings. The molecule has 136 valence electrons. The summed E-state index contributed by atoms with van der Waals surface area (Å²) < 4.78 is 30.2. The molecule has 0 radical (unpaired) electrons. The number of aromatic nitrogens is 7. The molecule has 5 rings (SSSR count). The number of fused-ring (bicyclic) bond motifs is 1. The summed E-state index contributed by atoms with van der Waals surface area (Å²) in [7, 11) is 0. The van der Waals surface area contributed by atoms with Gasteiger partial charge in [0, 0.05) is 29.5 Å². The number of nitrogens with one attached hydrogen (secondary N) is 1. The van der Waals surface area contributed by atoms with Crippen molar-refractivity contribution >= 4 is 10.9 Å². The Morgan fingerprint density at radius 2 is 1.86 bits per heavy atom. The Morgan fingerprint density at radius 1 is 1.00 bits per heavy atom. The van der Waals surface area contributed by atoms with Crippen molar-refractivity contribution in [3.05, 3.63) is 73.0 Å². The van der Waals surface area contributed by atoms with E-state index in [-0.39, 0.29) is 11.1 Å². The van der Waals surface area contributed by atoms with Gasteiger partial charge in [-0.3, -0.25) is 10.1 Å². The Bertz CT molecular complexity index is 1290. The minimum absolute atomic E-state index is 0.140. The largest absolute Gasteiger partial charge is 0.275 e. The van der Waals surface area contributed by atoms with E-state index in [4.69, 9.17) is 0 Å². The van der Waals surface area contributed by atoms with Gasteiger partial charge < -0.3 is 0 Å². The number of benzene rings is 1. The minimum atomic E-state index is -0.671. The van der Waals surface area contributed by atoms with Gasteiger partial charge in [-0.05, 0) is 42.0 Å². The highest BCUT2D eigenvalue weighted by Gasteiger charge is 2.17. The Kier molecular flexibility index (Phi) is 3.64. The van der Waals surface area contributed by atoms with Crippen molar-refractivity contribution < 1.29 is 8.78 Å². The van der Waals surface area contributed by atoms with Crippen molar-refractivity contribution in [1.29, 1.82) is 0 Å². The van der Waals surface area contributed by atoms with Crippen molar-refractivity contribution in [3.8, 4) is 28.2 Å². The van der Waals surface area contributed by atoms with Crippen LogP contribution in [-0.2, 0) is 0 Å². The molecule has 0 aliphatic rings. The van der Waals surface area contributed by atoms with Gasteiger partial charge in [0.2, 0.25) is 5.95 Å². The molecule has 4 aromatic heterocycles. The Hall–Kier alpha value is -4.01. The lowest BCUT2D eigenvalue weighted by atomic mass is 10.0. The molecule has 0 aliphatic heterocycles. The standard InChI is InChI=1S/C19H11F2N7/c20-15-9-11(13-2-1-5-23-19(13)21)8-14-17(15)25-26-18(14)16-10-28(27-24-16)12-3-6-22-7-4-12/h1-10H,(H,25,26). The van der Waals surface area contributed by atoms with Crippen molar-refractivity contribution in [3.63, 3.8) is 0 Å². The molecule has 0 atom stereocenters. The first-order chi connectivity index (χ1) is 13.7. The summed E-state index contributed by atoms with van der Waals surface area (Å²) in [5.74, 6) is -1.24. The maximum atomic E-state index is 14.6. The smallest absolute Gasteiger partial charge is 0.220 e. The maximum Gasteiger partial charge on any atom is 0.220 e. The summed E-state index contributed by atoms with van der Waals surface area (Å²) in [4.78, 5) is 7.60. The van der Waals surface area contributed by atoms with Gasteiger partial charge in [0.1, 0.15) is 11.2 Å². The molecular formula is C19H11F2N7. The molecule has 0 fully saturated rings. The van der Waals surface area contributed by atoms with E-state index in [9.17, 15) is 8.78 Å². The molecule has 7 nitrogen and oxygen atoms in total. The first kappa shape index (κ1) is 16.2. The predicted octanol–water partition coefficient (Wildman–Crippen LogP) is 3.55. The van der Waals surface area contributed by atoms with Gasteiger partial charge >= 0.3 is 0 Å². The predicted molar refractivity (Wildman–Crippen MR) is 97.4 cm³/mol. The molecule has 0 amide bonds. The van der Waals surface area contributed by atoms with Crippen LogP contribution >= 0.6 is 0 Å². The second kappa shape index (κ2) is 6.31. The van der Waals surface area contributed by atoms with Crippen molar-refractivity contribution in [2.45, 2.75) is 0 Å². The van der Waals surface area contributed by atoms with Crippen LogP contribution in [0.5, 0.6) is 0 Å². The van der Waals surface area contributed by atoms with E-state index in [2.05, 4.69) is 30.5 Å². The molecule has 0 spiro atoms. The highest BCUT2D eigenvalue weighted by Crippen LogP contribution is 2.32. The zero-order chi connectivity index (χ0) is 19.1. The SMILES string of the molecule is Fc1ncccc1-c1cc(F)c2n[nH]c(-c3cn(-c4ccncc4)nn3)c2c1. The average molecular weight is 375 g/mol. The third-order valence-electron chi connectivity index (χ3n) is 4.36. The van der Waals surface area contributed by atoms with Crippen molar-refractivity contribution in [1.82, 2.24) is 35.2 Å². The van der Waals surface area contributed by atoms with Gasteiger partial charge in [-0.2, -0.15) is 9.49 Å². The highest BCUT2D eigenvalue weighted by atomic mass is 19.1. The van der Waals surface area contributed by atoms with E-state index >= 15 is 0 Å². The van der Waals surface area contributed by atoms with Gasteiger partial charge in [-0.25, -0.2) is 14.1 Å². The summed E-state index contributed by atoms with van der Waals surface area (Å²) in [6.07, 6.45) is 6.32. The first-order valence-electron chi connectivity index (χ1n) is 8.32. The summed E-state index contributed by atoms with van der Waals surface area (Å²) in [6, 6.07) is 9.60. The van der Waals surface area contributed by atoms with Crippen LogP contribution in [-0.4, -0.2) is 35.2 Å². The van der Waals surface area contributed by atoms with Crippen LogP contribution in [0.4, 0.5) is 8.78 Å². The molecule has 9 heteroatoms. The Labute approximate surface area is 156 Å². The second-order valence-electron chi connectivity index (χ2n) is 6.05. The third-order valence-corrected chi connectivity index (χ3v) is 4.36. The Balaban J connectivity index is 1.65. The van der Waals surface area contributed by atoms with E-state index in [1.807, 2.05) is 0 Å². The first-order valence-corrected chi connectivity index (χ1v) is 8.32. The molecular weight excluding hydrogens is 364 g/mol. The maximum absolute atomic E-state index is 14.6.